The topological polar surface area (TPSA) is 98.1 Å². The third-order valence-corrected chi connectivity index (χ3v) is 3.80. The smallest absolute Gasteiger partial charge is 0.309 e. The number of hydrogen-bond donors (Lipinski definition) is 3. The van der Waals surface area contributed by atoms with E-state index in [-0.39, 0.29) is 19.4 Å². The van der Waals surface area contributed by atoms with E-state index in [0.717, 1.165) is 26.2 Å². The lowest BCUT2D eigenvalue weighted by atomic mass is 10.2. The summed E-state index contributed by atoms with van der Waals surface area (Å²) >= 11 is 0. The van der Waals surface area contributed by atoms with Crippen LogP contribution in [-0.2, 0) is 9.59 Å². The summed E-state index contributed by atoms with van der Waals surface area (Å²) in [7, 11) is 0. The molecule has 0 aromatic carbocycles. The second kappa shape index (κ2) is 7.42. The van der Waals surface area contributed by atoms with Crippen molar-refractivity contribution in [2.75, 3.05) is 52.4 Å². The fourth-order valence-electron chi connectivity index (χ4n) is 2.51. The Hall–Kier alpha value is -1.18. The van der Waals surface area contributed by atoms with Gasteiger partial charge in [-0.05, 0) is 0 Å². The Morgan fingerprint density at radius 1 is 1.00 bits per heavy atom. The molecule has 1 aliphatic rings. The van der Waals surface area contributed by atoms with Crippen LogP contribution in [-0.4, -0.2) is 89.1 Å². The number of hydrogen-bond acceptors (Lipinski definition) is 4. The van der Waals surface area contributed by atoms with Crippen molar-refractivity contribution in [2.24, 2.45) is 0 Å². The minimum Gasteiger partial charge on any atom is -0.481 e. The van der Waals surface area contributed by atoms with Crippen LogP contribution in [0.1, 0.15) is 12.8 Å². The molecule has 0 amide bonds. The molecule has 1 rings (SSSR count). The maximum atomic E-state index is 10.7. The van der Waals surface area contributed by atoms with Crippen molar-refractivity contribution in [3.05, 3.63) is 0 Å². The molecule has 0 atom stereocenters. The molecule has 7 heteroatoms. The molecule has 0 aromatic rings. The van der Waals surface area contributed by atoms with Crippen LogP contribution in [0.4, 0.5) is 0 Å². The molecule has 0 bridgehead atoms. The SMILES string of the molecule is O=C(O)CCN1CC[N+](CCO)(CCC(=O)O)CC1. The van der Waals surface area contributed by atoms with E-state index in [9.17, 15) is 9.59 Å². The summed E-state index contributed by atoms with van der Waals surface area (Å²) in [5.74, 6) is -1.61. The first-order chi connectivity index (χ1) is 8.97. The summed E-state index contributed by atoms with van der Waals surface area (Å²) in [6.07, 6.45) is 0.240. The fourth-order valence-corrected chi connectivity index (χ4v) is 2.51. The highest BCUT2D eigenvalue weighted by Gasteiger charge is 2.32. The largest absolute Gasteiger partial charge is 0.481 e. The molecule has 7 nitrogen and oxygen atoms in total. The molecule has 1 fully saturated rings. The van der Waals surface area contributed by atoms with Gasteiger partial charge < -0.3 is 19.8 Å². The van der Waals surface area contributed by atoms with Crippen molar-refractivity contribution < 1.29 is 29.4 Å². The molecule has 1 heterocycles. The van der Waals surface area contributed by atoms with Gasteiger partial charge in [0.2, 0.25) is 0 Å². The maximum Gasteiger partial charge on any atom is 0.309 e. The lowest BCUT2D eigenvalue weighted by Gasteiger charge is -2.44. The first-order valence-corrected chi connectivity index (χ1v) is 6.59. The van der Waals surface area contributed by atoms with Gasteiger partial charge in [0.1, 0.15) is 6.54 Å². The number of aliphatic carboxylic acids is 2. The lowest BCUT2D eigenvalue weighted by molar-refractivity contribution is -0.931. The van der Waals surface area contributed by atoms with Crippen LogP contribution in [0.5, 0.6) is 0 Å². The number of rotatable bonds is 8. The van der Waals surface area contributed by atoms with Crippen molar-refractivity contribution in [3.8, 4) is 0 Å². The van der Waals surface area contributed by atoms with E-state index < -0.39 is 11.9 Å². The van der Waals surface area contributed by atoms with Crippen LogP contribution in [0.25, 0.3) is 0 Å². The van der Waals surface area contributed by atoms with Crippen LogP contribution in [0.3, 0.4) is 0 Å². The molecule has 1 aliphatic heterocycles. The van der Waals surface area contributed by atoms with Gasteiger partial charge in [0.15, 0.2) is 0 Å². The highest BCUT2D eigenvalue weighted by molar-refractivity contribution is 5.67. The standard InChI is InChI=1S/C12H22N2O5/c15-10-9-14(6-2-12(18)19)7-4-13(5-8-14)3-1-11(16)17/h15H,1-10H2,(H-,16,17,18,19)/p+1. The quantitative estimate of drug-likeness (QED) is 0.495. The van der Waals surface area contributed by atoms with Crippen LogP contribution in [0.2, 0.25) is 0 Å². The van der Waals surface area contributed by atoms with Crippen molar-refractivity contribution in [2.45, 2.75) is 12.8 Å². The number of carboxylic acid groups (broad SMARTS) is 2. The predicted molar refractivity (Wildman–Crippen MR) is 67.8 cm³/mol. The molecule has 0 saturated carbocycles. The molecule has 0 aliphatic carbocycles. The Labute approximate surface area is 112 Å². The zero-order chi connectivity index (χ0) is 14.3. The Morgan fingerprint density at radius 3 is 2.05 bits per heavy atom. The van der Waals surface area contributed by atoms with Gasteiger partial charge in [-0.2, -0.15) is 0 Å². The highest BCUT2D eigenvalue weighted by atomic mass is 16.4. The number of piperazine rings is 1. The fraction of sp³-hybridized carbons (Fsp3) is 0.833. The number of nitrogens with zero attached hydrogens (tertiary/aromatic N) is 2. The first-order valence-electron chi connectivity index (χ1n) is 6.59. The van der Waals surface area contributed by atoms with E-state index in [4.69, 9.17) is 15.3 Å². The van der Waals surface area contributed by atoms with Gasteiger partial charge >= 0.3 is 11.9 Å². The summed E-state index contributed by atoms with van der Waals surface area (Å²) in [6, 6.07) is 0. The van der Waals surface area contributed by atoms with Crippen LogP contribution >= 0.6 is 0 Å². The maximum absolute atomic E-state index is 10.7. The molecule has 0 spiro atoms. The van der Waals surface area contributed by atoms with E-state index in [1.807, 2.05) is 0 Å². The molecule has 110 valence electrons. The zero-order valence-electron chi connectivity index (χ0n) is 11.1. The Morgan fingerprint density at radius 2 is 1.58 bits per heavy atom. The molecule has 0 radical (unpaired) electrons. The molecule has 19 heavy (non-hydrogen) atoms. The number of quaternary nitrogens is 1. The van der Waals surface area contributed by atoms with E-state index in [1.54, 1.807) is 0 Å². The van der Waals surface area contributed by atoms with Crippen LogP contribution in [0.15, 0.2) is 0 Å². The average Bonchev–Trinajstić information content (AvgIpc) is 2.36. The van der Waals surface area contributed by atoms with E-state index in [0.29, 0.717) is 24.1 Å². The Balaban J connectivity index is 2.44. The second-order valence-electron chi connectivity index (χ2n) is 5.09. The molecule has 0 aromatic heterocycles. The summed E-state index contributed by atoms with van der Waals surface area (Å²) in [4.78, 5) is 23.3. The van der Waals surface area contributed by atoms with Crippen molar-refractivity contribution >= 4 is 11.9 Å². The number of carbonyl (C=O) groups is 2. The zero-order valence-corrected chi connectivity index (χ0v) is 11.1. The highest BCUT2D eigenvalue weighted by Crippen LogP contribution is 2.14. The molecular formula is C12H23N2O5+. The monoisotopic (exact) mass is 275 g/mol. The normalized spacial score (nSPS) is 19.2. The summed E-state index contributed by atoms with van der Waals surface area (Å²) < 4.78 is 0.617. The second-order valence-corrected chi connectivity index (χ2v) is 5.09. The van der Waals surface area contributed by atoms with Crippen LogP contribution < -0.4 is 0 Å². The first kappa shape index (κ1) is 15.9. The van der Waals surface area contributed by atoms with Gasteiger partial charge in [-0.15, -0.1) is 0 Å². The van der Waals surface area contributed by atoms with E-state index in [1.165, 1.54) is 0 Å². The van der Waals surface area contributed by atoms with Gasteiger partial charge in [0.05, 0.1) is 39.1 Å². The third-order valence-electron chi connectivity index (χ3n) is 3.80. The summed E-state index contributed by atoms with van der Waals surface area (Å²) in [5, 5.41) is 26.6. The van der Waals surface area contributed by atoms with Crippen LogP contribution in [0, 0.1) is 0 Å². The summed E-state index contributed by atoms with van der Waals surface area (Å²) in [6.45, 7) is 4.74. The van der Waals surface area contributed by atoms with Gasteiger partial charge in [-0.25, -0.2) is 0 Å². The van der Waals surface area contributed by atoms with Crippen molar-refractivity contribution in [1.29, 1.82) is 0 Å². The molecule has 1 saturated heterocycles. The van der Waals surface area contributed by atoms with Gasteiger partial charge in [-0.3, -0.25) is 14.5 Å². The number of carboxylic acids is 2. The van der Waals surface area contributed by atoms with E-state index in [2.05, 4.69) is 4.90 Å². The predicted octanol–water partition coefficient (Wildman–Crippen LogP) is -0.939. The Bertz CT molecular complexity index is 313. The summed E-state index contributed by atoms with van der Waals surface area (Å²) in [5.41, 5.74) is 0. The molecular weight excluding hydrogens is 252 g/mol. The Kier molecular flexibility index (Phi) is 6.20. The molecule has 3 N–H and O–H groups in total. The van der Waals surface area contributed by atoms with Gasteiger partial charge in [0, 0.05) is 19.6 Å². The lowest BCUT2D eigenvalue weighted by Crippen LogP contribution is -2.61. The molecule has 0 unspecified atom stereocenters. The average molecular weight is 275 g/mol. The van der Waals surface area contributed by atoms with Gasteiger partial charge in [-0.1, -0.05) is 0 Å². The number of aliphatic hydroxyl groups is 1. The van der Waals surface area contributed by atoms with Crippen molar-refractivity contribution in [3.63, 3.8) is 0 Å². The number of aliphatic hydroxyl groups excluding tert-OH is 1. The third kappa shape index (κ3) is 5.54. The van der Waals surface area contributed by atoms with Gasteiger partial charge in [0.25, 0.3) is 0 Å². The van der Waals surface area contributed by atoms with E-state index >= 15 is 0 Å². The minimum atomic E-state index is -0.816. The van der Waals surface area contributed by atoms with Crippen molar-refractivity contribution in [1.82, 2.24) is 4.90 Å². The minimum absolute atomic E-state index is 0.0503.